The molecule has 1 N–H and O–H groups in total. The van der Waals surface area contributed by atoms with E-state index in [1.165, 1.54) is 0 Å². The lowest BCUT2D eigenvalue weighted by Gasteiger charge is -2.39. The Kier molecular flexibility index (Phi) is 3.61. The summed E-state index contributed by atoms with van der Waals surface area (Å²) in [7, 11) is 0. The van der Waals surface area contributed by atoms with Gasteiger partial charge < -0.3 is 9.84 Å². The van der Waals surface area contributed by atoms with Crippen molar-refractivity contribution in [2.45, 2.75) is 46.8 Å². The fourth-order valence-corrected chi connectivity index (χ4v) is 1.82. The van der Waals surface area contributed by atoms with Crippen molar-refractivity contribution in [3.05, 3.63) is 24.0 Å². The Hall–Kier alpha value is -0.760. The molecule has 2 atom stereocenters. The van der Waals surface area contributed by atoms with Crippen LogP contribution in [0.15, 0.2) is 24.0 Å². The summed E-state index contributed by atoms with van der Waals surface area (Å²) in [6.07, 6.45) is 5.83. The maximum Gasteiger partial charge on any atom is 0.112 e. The molecule has 0 bridgehead atoms. The number of ether oxygens (including phenoxy) is 1. The Balaban J connectivity index is 2.92. The monoisotopic (exact) mass is 210 g/mol. The summed E-state index contributed by atoms with van der Waals surface area (Å²) in [6, 6.07) is 0. The van der Waals surface area contributed by atoms with Crippen molar-refractivity contribution in [2.75, 3.05) is 0 Å². The van der Waals surface area contributed by atoms with Gasteiger partial charge in [0.05, 0.1) is 12.2 Å². The zero-order chi connectivity index (χ0) is 11.6. The molecule has 0 heterocycles. The highest BCUT2D eigenvalue weighted by Gasteiger charge is 2.37. The van der Waals surface area contributed by atoms with Crippen LogP contribution >= 0.6 is 0 Å². The molecular weight excluding hydrogens is 188 g/mol. The second kappa shape index (κ2) is 4.40. The molecule has 15 heavy (non-hydrogen) atoms. The maximum absolute atomic E-state index is 9.56. The van der Waals surface area contributed by atoms with Crippen LogP contribution in [0.25, 0.3) is 0 Å². The number of allylic oxidation sites excluding steroid dienone is 1. The summed E-state index contributed by atoms with van der Waals surface area (Å²) in [5, 5.41) is 9.56. The van der Waals surface area contributed by atoms with Gasteiger partial charge in [0.2, 0.25) is 0 Å². The van der Waals surface area contributed by atoms with Crippen LogP contribution in [0.5, 0.6) is 0 Å². The van der Waals surface area contributed by atoms with Crippen LogP contribution in [0.3, 0.4) is 0 Å². The van der Waals surface area contributed by atoms with Crippen LogP contribution in [0.1, 0.15) is 34.6 Å². The summed E-state index contributed by atoms with van der Waals surface area (Å²) in [4.78, 5) is 0. The number of aliphatic hydroxyl groups is 1. The van der Waals surface area contributed by atoms with Crippen molar-refractivity contribution in [3.8, 4) is 0 Å². The van der Waals surface area contributed by atoms with E-state index in [1.54, 1.807) is 6.08 Å². The molecule has 1 aliphatic rings. The van der Waals surface area contributed by atoms with Gasteiger partial charge in [-0.1, -0.05) is 26.8 Å². The normalized spacial score (nSPS) is 31.1. The second-order valence-corrected chi connectivity index (χ2v) is 5.05. The van der Waals surface area contributed by atoms with E-state index in [0.717, 1.165) is 0 Å². The molecule has 0 aromatic carbocycles. The number of hydrogen-bond acceptors (Lipinski definition) is 2. The third-order valence-corrected chi connectivity index (χ3v) is 3.18. The maximum atomic E-state index is 9.56. The third kappa shape index (κ3) is 2.63. The Morgan fingerprint density at radius 1 is 1.33 bits per heavy atom. The topological polar surface area (TPSA) is 29.5 Å². The van der Waals surface area contributed by atoms with Crippen molar-refractivity contribution >= 4 is 0 Å². The van der Waals surface area contributed by atoms with Gasteiger partial charge in [0.1, 0.15) is 5.76 Å². The lowest BCUT2D eigenvalue weighted by molar-refractivity contribution is -0.0368. The van der Waals surface area contributed by atoms with Gasteiger partial charge in [-0.3, -0.25) is 0 Å². The minimum absolute atomic E-state index is 0.0494. The van der Waals surface area contributed by atoms with Gasteiger partial charge in [0.15, 0.2) is 0 Å². The average molecular weight is 210 g/mol. The highest BCUT2D eigenvalue weighted by molar-refractivity contribution is 5.25. The molecule has 86 valence electrons. The van der Waals surface area contributed by atoms with Gasteiger partial charge in [-0.05, 0) is 31.9 Å². The minimum atomic E-state index is -0.122. The van der Waals surface area contributed by atoms with Crippen LogP contribution in [0.4, 0.5) is 0 Å². The summed E-state index contributed by atoms with van der Waals surface area (Å²) in [5.74, 6) is 0.767. The van der Waals surface area contributed by atoms with E-state index < -0.39 is 0 Å². The van der Waals surface area contributed by atoms with E-state index in [0.29, 0.717) is 11.7 Å². The molecule has 2 unspecified atom stereocenters. The lowest BCUT2D eigenvalue weighted by Crippen LogP contribution is -2.39. The van der Waals surface area contributed by atoms with E-state index in [-0.39, 0.29) is 17.6 Å². The van der Waals surface area contributed by atoms with Crippen LogP contribution in [-0.4, -0.2) is 17.3 Å². The molecule has 2 nitrogen and oxygen atoms in total. The highest BCUT2D eigenvalue weighted by atomic mass is 16.5. The van der Waals surface area contributed by atoms with Gasteiger partial charge in [0.25, 0.3) is 0 Å². The first-order valence-corrected chi connectivity index (χ1v) is 5.61. The number of rotatable bonds is 3. The lowest BCUT2D eigenvalue weighted by atomic mass is 9.72. The third-order valence-electron chi connectivity index (χ3n) is 3.18. The summed E-state index contributed by atoms with van der Waals surface area (Å²) in [5.41, 5.74) is -0.122. The van der Waals surface area contributed by atoms with Gasteiger partial charge in [0, 0.05) is 5.41 Å². The van der Waals surface area contributed by atoms with Crippen molar-refractivity contribution in [2.24, 2.45) is 11.3 Å². The van der Waals surface area contributed by atoms with Gasteiger partial charge in [-0.15, -0.1) is 0 Å². The van der Waals surface area contributed by atoms with Crippen molar-refractivity contribution in [1.82, 2.24) is 0 Å². The van der Waals surface area contributed by atoms with Crippen molar-refractivity contribution in [3.63, 3.8) is 0 Å². The summed E-state index contributed by atoms with van der Waals surface area (Å²) in [6.45, 7) is 10.5. The van der Waals surface area contributed by atoms with E-state index in [4.69, 9.17) is 4.74 Å². The minimum Gasteiger partial charge on any atom is -0.508 e. The molecule has 2 heteroatoms. The molecule has 0 radical (unpaired) electrons. The quantitative estimate of drug-likeness (QED) is 0.773. The largest absolute Gasteiger partial charge is 0.508 e. The van der Waals surface area contributed by atoms with Gasteiger partial charge in [-0.2, -0.15) is 0 Å². The molecule has 0 aromatic rings. The van der Waals surface area contributed by atoms with Crippen LogP contribution < -0.4 is 0 Å². The Labute approximate surface area is 92.6 Å². The van der Waals surface area contributed by atoms with Gasteiger partial charge in [-0.25, -0.2) is 0 Å². The molecule has 0 aromatic heterocycles. The highest BCUT2D eigenvalue weighted by Crippen LogP contribution is 2.39. The summed E-state index contributed by atoms with van der Waals surface area (Å²) < 4.78 is 5.87. The van der Waals surface area contributed by atoms with E-state index in [9.17, 15) is 5.11 Å². The molecule has 0 spiro atoms. The average Bonchev–Trinajstić information content (AvgIpc) is 2.09. The predicted molar refractivity (Wildman–Crippen MR) is 62.8 cm³/mol. The fourth-order valence-electron chi connectivity index (χ4n) is 1.82. The van der Waals surface area contributed by atoms with Crippen LogP contribution in [0.2, 0.25) is 0 Å². The Bertz CT molecular complexity index is 276. The molecule has 1 aliphatic carbocycles. The zero-order valence-corrected chi connectivity index (χ0v) is 10.3. The second-order valence-electron chi connectivity index (χ2n) is 5.05. The number of hydrogen-bond donors (Lipinski definition) is 1. The van der Waals surface area contributed by atoms with E-state index >= 15 is 0 Å². The molecule has 0 saturated carbocycles. The first kappa shape index (κ1) is 12.3. The zero-order valence-electron chi connectivity index (χ0n) is 10.3. The predicted octanol–water partition coefficient (Wildman–Crippen LogP) is 3.45. The van der Waals surface area contributed by atoms with Crippen LogP contribution in [0, 0.1) is 11.3 Å². The van der Waals surface area contributed by atoms with Crippen molar-refractivity contribution in [1.29, 1.82) is 0 Å². The number of aliphatic hydroxyl groups excluding tert-OH is 1. The fraction of sp³-hybridized carbons (Fsp3) is 0.692. The van der Waals surface area contributed by atoms with Gasteiger partial charge >= 0.3 is 0 Å². The molecule has 0 saturated heterocycles. The molecular formula is C13H22O2. The summed E-state index contributed by atoms with van der Waals surface area (Å²) >= 11 is 0. The smallest absolute Gasteiger partial charge is 0.112 e. The Morgan fingerprint density at radius 2 is 1.93 bits per heavy atom. The first-order valence-electron chi connectivity index (χ1n) is 5.61. The SMILES string of the molecule is CC(C)OC1C=CC(O)=CC1(C)C(C)C. The van der Waals surface area contributed by atoms with E-state index in [2.05, 4.69) is 20.8 Å². The molecule has 0 fully saturated rings. The van der Waals surface area contributed by atoms with E-state index in [1.807, 2.05) is 26.0 Å². The molecule has 0 amide bonds. The molecule has 0 aliphatic heterocycles. The Morgan fingerprint density at radius 3 is 2.40 bits per heavy atom. The molecule has 1 rings (SSSR count). The van der Waals surface area contributed by atoms with Crippen molar-refractivity contribution < 1.29 is 9.84 Å². The van der Waals surface area contributed by atoms with Crippen LogP contribution in [-0.2, 0) is 4.74 Å². The first-order chi connectivity index (χ1) is 6.86. The standard InChI is InChI=1S/C13H22O2/c1-9(2)13(5)8-11(14)6-7-12(13)15-10(3)4/h6-10,12,14H,1-5H3.